The molecule has 7 heteroatoms. The lowest BCUT2D eigenvalue weighted by Crippen LogP contribution is -2.50. The number of benzene rings is 2. The number of hydrogen-bond acceptors (Lipinski definition) is 6. The first-order valence-corrected chi connectivity index (χ1v) is 17.3. The van der Waals surface area contributed by atoms with Crippen LogP contribution in [0.2, 0.25) is 0 Å². The van der Waals surface area contributed by atoms with Crippen LogP contribution in [0.1, 0.15) is 81.5 Å². The molecule has 7 nitrogen and oxygen atoms in total. The second-order valence-corrected chi connectivity index (χ2v) is 14.6. The fourth-order valence-electron chi connectivity index (χ4n) is 7.71. The minimum Gasteiger partial charge on any atom is -0.444 e. The first-order chi connectivity index (χ1) is 22.1. The summed E-state index contributed by atoms with van der Waals surface area (Å²) in [5, 5.41) is 3.38. The van der Waals surface area contributed by atoms with Crippen molar-refractivity contribution in [3.05, 3.63) is 95.8 Å². The molecule has 3 saturated heterocycles. The van der Waals surface area contributed by atoms with Gasteiger partial charge in [0.25, 0.3) is 0 Å². The van der Waals surface area contributed by atoms with Crippen LogP contribution in [0.25, 0.3) is 5.70 Å². The topological polar surface area (TPSA) is 51.3 Å². The Morgan fingerprint density at radius 1 is 0.978 bits per heavy atom. The van der Waals surface area contributed by atoms with E-state index in [2.05, 4.69) is 82.2 Å². The minimum atomic E-state index is -0.471. The van der Waals surface area contributed by atoms with Gasteiger partial charge in [0.15, 0.2) is 0 Å². The molecule has 4 heterocycles. The van der Waals surface area contributed by atoms with Crippen molar-refractivity contribution in [3.63, 3.8) is 0 Å². The maximum Gasteiger partial charge on any atom is 0.410 e. The van der Waals surface area contributed by atoms with E-state index in [0.29, 0.717) is 19.1 Å². The highest BCUT2D eigenvalue weighted by Crippen LogP contribution is 2.38. The van der Waals surface area contributed by atoms with Gasteiger partial charge in [-0.3, -0.25) is 4.90 Å². The largest absolute Gasteiger partial charge is 0.444 e. The number of aryl methyl sites for hydroxylation is 1. The number of likely N-dealkylation sites (tertiary alicyclic amines) is 1. The molecule has 46 heavy (non-hydrogen) atoms. The zero-order valence-electron chi connectivity index (χ0n) is 28.3. The summed E-state index contributed by atoms with van der Waals surface area (Å²) in [6.45, 7) is 24.7. The van der Waals surface area contributed by atoms with E-state index in [4.69, 9.17) is 4.74 Å². The third-order valence-electron chi connectivity index (χ3n) is 10.2. The molecule has 2 aromatic rings. The van der Waals surface area contributed by atoms with Gasteiger partial charge in [0, 0.05) is 73.7 Å². The van der Waals surface area contributed by atoms with Gasteiger partial charge < -0.3 is 24.8 Å². The van der Waals surface area contributed by atoms with E-state index in [9.17, 15) is 4.79 Å². The Bertz CT molecular complexity index is 1470. The van der Waals surface area contributed by atoms with E-state index >= 15 is 0 Å². The summed E-state index contributed by atoms with van der Waals surface area (Å²) >= 11 is 0. The quantitative estimate of drug-likeness (QED) is 0.350. The normalized spacial score (nSPS) is 22.6. The van der Waals surface area contributed by atoms with Crippen molar-refractivity contribution in [1.29, 1.82) is 0 Å². The third-order valence-corrected chi connectivity index (χ3v) is 10.2. The van der Waals surface area contributed by atoms with Gasteiger partial charge in [-0.25, -0.2) is 4.79 Å². The molecule has 4 aliphatic heterocycles. The average Bonchev–Trinajstić information content (AvgIpc) is 3.35. The summed E-state index contributed by atoms with van der Waals surface area (Å²) < 4.78 is 5.62. The monoisotopic (exact) mass is 623 g/mol. The molecule has 246 valence electrons. The SMILES string of the molecule is C=C1CCC(N2Cc3cc(CCC4CCCCN4Cc4ccccc4N4CCN(C(=O)OC(C)(C)C)CC4)ccc3C2=C)C(=C)N1. The van der Waals surface area contributed by atoms with Crippen LogP contribution in [0.5, 0.6) is 0 Å². The van der Waals surface area contributed by atoms with E-state index in [1.165, 1.54) is 53.6 Å². The maximum atomic E-state index is 12.6. The van der Waals surface area contributed by atoms with Gasteiger partial charge in [0.1, 0.15) is 5.60 Å². The second-order valence-electron chi connectivity index (χ2n) is 14.6. The number of ether oxygens (including phenoxy) is 1. The molecule has 4 aliphatic rings. The van der Waals surface area contributed by atoms with E-state index in [1.54, 1.807) is 0 Å². The van der Waals surface area contributed by atoms with Crippen molar-refractivity contribution >= 4 is 17.5 Å². The molecule has 2 atom stereocenters. The highest BCUT2D eigenvalue weighted by Gasteiger charge is 2.33. The standard InChI is InChI=1S/C39H53N5O2/c1-28-14-19-36(29(2)40-28)44-27-33-25-31(16-18-35(33)30(44)3)15-17-34-12-9-10-20-43(34)26-32-11-7-8-13-37(32)41-21-23-42(24-22-41)38(45)46-39(4,5)6/h7-8,11,13,16,18,25,34,36,40H,1-3,9-10,12,14-15,17,19-24,26-27H2,4-6H3. The van der Waals surface area contributed by atoms with Gasteiger partial charge in [-0.2, -0.15) is 0 Å². The first-order valence-electron chi connectivity index (χ1n) is 17.3. The number of carbonyl (C=O) groups is 1. The molecule has 3 fully saturated rings. The lowest BCUT2D eigenvalue weighted by molar-refractivity contribution is 0.0240. The number of hydrogen-bond donors (Lipinski definition) is 1. The molecular formula is C39H53N5O2. The van der Waals surface area contributed by atoms with Crippen molar-refractivity contribution in [2.24, 2.45) is 0 Å². The molecule has 1 N–H and O–H groups in total. The number of carbonyl (C=O) groups excluding carboxylic acids is 1. The number of fused-ring (bicyclic) bond motifs is 1. The number of rotatable bonds is 7. The van der Waals surface area contributed by atoms with Gasteiger partial charge in [-0.1, -0.05) is 62.6 Å². The molecule has 2 unspecified atom stereocenters. The Labute approximate surface area is 276 Å². The van der Waals surface area contributed by atoms with Crippen LogP contribution in [-0.4, -0.2) is 71.2 Å². The summed E-state index contributed by atoms with van der Waals surface area (Å²) in [5.74, 6) is 0. The zero-order valence-corrected chi connectivity index (χ0v) is 28.3. The van der Waals surface area contributed by atoms with Crippen molar-refractivity contribution < 1.29 is 9.53 Å². The van der Waals surface area contributed by atoms with E-state index in [-0.39, 0.29) is 12.1 Å². The first kappa shape index (κ1) is 32.2. The van der Waals surface area contributed by atoms with E-state index in [0.717, 1.165) is 69.1 Å². The summed E-state index contributed by atoms with van der Waals surface area (Å²) in [6.07, 6.45) is 7.89. The third kappa shape index (κ3) is 7.30. The Morgan fingerprint density at radius 2 is 1.76 bits per heavy atom. The van der Waals surface area contributed by atoms with Crippen LogP contribution >= 0.6 is 0 Å². The number of piperidine rings is 2. The summed E-state index contributed by atoms with van der Waals surface area (Å²) in [7, 11) is 0. The Balaban J connectivity index is 1.06. The number of allylic oxidation sites excluding steroid dienone is 1. The summed E-state index contributed by atoms with van der Waals surface area (Å²) in [6, 6.07) is 16.8. The van der Waals surface area contributed by atoms with Crippen LogP contribution in [-0.2, 0) is 24.2 Å². The van der Waals surface area contributed by atoms with Crippen molar-refractivity contribution in [1.82, 2.24) is 20.0 Å². The van der Waals surface area contributed by atoms with Gasteiger partial charge in [0.2, 0.25) is 0 Å². The van der Waals surface area contributed by atoms with Crippen LogP contribution in [0, 0.1) is 0 Å². The van der Waals surface area contributed by atoms with Crippen molar-refractivity contribution in [2.45, 2.75) is 96.5 Å². The Hall–Kier alpha value is -3.71. The molecule has 0 radical (unpaired) electrons. The van der Waals surface area contributed by atoms with E-state index < -0.39 is 5.60 Å². The number of para-hydroxylation sites is 1. The molecule has 1 amide bonds. The molecule has 0 saturated carbocycles. The molecule has 0 spiro atoms. The van der Waals surface area contributed by atoms with Crippen LogP contribution in [0.3, 0.4) is 0 Å². The van der Waals surface area contributed by atoms with Gasteiger partial charge in [-0.05, 0) is 88.6 Å². The fourth-order valence-corrected chi connectivity index (χ4v) is 7.71. The summed E-state index contributed by atoms with van der Waals surface area (Å²) in [4.78, 5) is 22.1. The number of nitrogens with zero attached hydrogens (tertiary/aromatic N) is 4. The molecule has 6 rings (SSSR count). The van der Waals surface area contributed by atoms with Gasteiger partial charge in [0.05, 0.1) is 6.04 Å². The number of piperazine rings is 1. The average molecular weight is 624 g/mol. The molecule has 0 aromatic heterocycles. The maximum absolute atomic E-state index is 12.6. The van der Waals surface area contributed by atoms with Gasteiger partial charge >= 0.3 is 6.09 Å². The van der Waals surface area contributed by atoms with Crippen LogP contribution in [0.15, 0.2) is 73.6 Å². The summed E-state index contributed by atoms with van der Waals surface area (Å²) in [5.41, 5.74) is 9.53. The number of nitrogens with one attached hydrogen (secondary N) is 1. The predicted molar refractivity (Wildman–Crippen MR) is 188 cm³/mol. The van der Waals surface area contributed by atoms with Crippen molar-refractivity contribution in [3.8, 4) is 0 Å². The molecule has 0 bridgehead atoms. The lowest BCUT2D eigenvalue weighted by atomic mass is 9.94. The zero-order chi connectivity index (χ0) is 32.4. The number of anilines is 1. The van der Waals surface area contributed by atoms with Crippen LogP contribution < -0.4 is 10.2 Å². The van der Waals surface area contributed by atoms with Crippen LogP contribution in [0.4, 0.5) is 10.5 Å². The fraction of sp³-hybridized carbons (Fsp3) is 0.513. The molecule has 0 aliphatic carbocycles. The van der Waals surface area contributed by atoms with Crippen molar-refractivity contribution in [2.75, 3.05) is 37.6 Å². The predicted octanol–water partition coefficient (Wildman–Crippen LogP) is 7.30. The molecule has 2 aromatic carbocycles. The Kier molecular flexibility index (Phi) is 9.51. The smallest absolute Gasteiger partial charge is 0.410 e. The second kappa shape index (κ2) is 13.6. The highest BCUT2D eigenvalue weighted by molar-refractivity contribution is 5.70. The minimum absolute atomic E-state index is 0.207. The Morgan fingerprint density at radius 3 is 2.52 bits per heavy atom. The molecular weight excluding hydrogens is 570 g/mol. The van der Waals surface area contributed by atoms with Gasteiger partial charge in [-0.15, -0.1) is 0 Å². The highest BCUT2D eigenvalue weighted by atomic mass is 16.6. The van der Waals surface area contributed by atoms with E-state index in [1.807, 2.05) is 25.7 Å². The number of amides is 1. The lowest BCUT2D eigenvalue weighted by Gasteiger charge is -2.39.